The van der Waals surface area contributed by atoms with Gasteiger partial charge in [-0.15, -0.1) is 0 Å². The molecule has 0 unspecified atom stereocenters. The number of morpholine rings is 1. The predicted octanol–water partition coefficient (Wildman–Crippen LogP) is 2.68. The first-order valence-electron chi connectivity index (χ1n) is 10.8. The Kier molecular flexibility index (Phi) is 5.38. The van der Waals surface area contributed by atoms with Crippen LogP contribution in [0.1, 0.15) is 18.9 Å². The summed E-state index contributed by atoms with van der Waals surface area (Å²) in [6.07, 6.45) is 4.95. The van der Waals surface area contributed by atoms with Crippen molar-refractivity contribution in [3.63, 3.8) is 0 Å². The van der Waals surface area contributed by atoms with Gasteiger partial charge in [-0.05, 0) is 18.9 Å². The number of carbonyl (C=O) groups excluding carboxylic acids is 1. The monoisotopic (exact) mass is 418 g/mol. The molecule has 5 rings (SSSR count). The van der Waals surface area contributed by atoms with Crippen LogP contribution < -0.4 is 4.90 Å². The van der Waals surface area contributed by atoms with Crippen LogP contribution in [0.2, 0.25) is 0 Å². The summed E-state index contributed by atoms with van der Waals surface area (Å²) < 4.78 is 7.57. The largest absolute Gasteiger partial charge is 0.378 e. The maximum absolute atomic E-state index is 11.9. The van der Waals surface area contributed by atoms with Crippen molar-refractivity contribution in [1.29, 1.82) is 0 Å². The molecule has 1 amide bonds. The topological polar surface area (TPSA) is 76.4 Å². The second-order valence-corrected chi connectivity index (χ2v) is 7.92. The Labute approximate surface area is 181 Å². The van der Waals surface area contributed by atoms with Gasteiger partial charge >= 0.3 is 0 Å². The molecule has 2 aromatic heterocycles. The van der Waals surface area contributed by atoms with E-state index in [1.165, 1.54) is 6.08 Å². The minimum Gasteiger partial charge on any atom is -0.378 e. The number of benzene rings is 1. The molecule has 1 aromatic carbocycles. The van der Waals surface area contributed by atoms with Gasteiger partial charge in [0.15, 0.2) is 11.5 Å². The minimum atomic E-state index is -0.00735. The maximum atomic E-state index is 11.9. The van der Waals surface area contributed by atoms with Crippen molar-refractivity contribution in [1.82, 2.24) is 24.6 Å². The van der Waals surface area contributed by atoms with E-state index in [0.717, 1.165) is 48.3 Å². The number of carbonyl (C=O) groups is 1. The summed E-state index contributed by atoms with van der Waals surface area (Å²) in [4.78, 5) is 25.9. The van der Waals surface area contributed by atoms with E-state index in [9.17, 15) is 4.79 Å². The smallest absolute Gasteiger partial charge is 0.245 e. The van der Waals surface area contributed by atoms with Crippen LogP contribution in [-0.4, -0.2) is 69.9 Å². The van der Waals surface area contributed by atoms with Crippen molar-refractivity contribution in [2.75, 3.05) is 44.3 Å². The van der Waals surface area contributed by atoms with E-state index in [0.29, 0.717) is 32.1 Å². The van der Waals surface area contributed by atoms with Crippen molar-refractivity contribution in [3.05, 3.63) is 49.2 Å². The molecular weight excluding hydrogens is 392 g/mol. The normalized spacial score (nSPS) is 17.8. The van der Waals surface area contributed by atoms with E-state index in [4.69, 9.17) is 19.8 Å². The highest BCUT2D eigenvalue weighted by molar-refractivity contribution is 5.89. The number of aromatic nitrogens is 4. The highest BCUT2D eigenvalue weighted by Gasteiger charge is 2.27. The zero-order valence-electron chi connectivity index (χ0n) is 17.5. The van der Waals surface area contributed by atoms with Crippen molar-refractivity contribution in [2.45, 2.75) is 18.9 Å². The number of rotatable bonds is 4. The zero-order chi connectivity index (χ0) is 21.2. The highest BCUT2D eigenvalue weighted by atomic mass is 16.5. The van der Waals surface area contributed by atoms with Crippen molar-refractivity contribution in [3.8, 4) is 11.4 Å². The summed E-state index contributed by atoms with van der Waals surface area (Å²) in [5, 5.41) is 5.70. The maximum Gasteiger partial charge on any atom is 0.245 e. The van der Waals surface area contributed by atoms with Crippen LogP contribution in [-0.2, 0) is 9.53 Å². The van der Waals surface area contributed by atoms with Gasteiger partial charge in [0.05, 0.1) is 30.8 Å². The zero-order valence-corrected chi connectivity index (χ0v) is 17.5. The Morgan fingerprint density at radius 1 is 1.06 bits per heavy atom. The van der Waals surface area contributed by atoms with E-state index >= 15 is 0 Å². The Balaban J connectivity index is 1.54. The molecule has 0 saturated carbocycles. The Bertz CT molecular complexity index is 1080. The number of likely N-dealkylation sites (tertiary alicyclic amines) is 1. The number of anilines is 1. The summed E-state index contributed by atoms with van der Waals surface area (Å²) in [5.74, 6) is 1.61. The third-order valence-corrected chi connectivity index (χ3v) is 6.07. The van der Waals surface area contributed by atoms with Crippen LogP contribution in [0.5, 0.6) is 0 Å². The van der Waals surface area contributed by atoms with E-state index in [1.54, 1.807) is 0 Å². The third-order valence-electron chi connectivity index (χ3n) is 6.07. The molecule has 8 nitrogen and oxygen atoms in total. The number of fused-ring (bicyclic) bond motifs is 1. The summed E-state index contributed by atoms with van der Waals surface area (Å²) >= 11 is 0. The number of ether oxygens (including phenoxy) is 1. The third kappa shape index (κ3) is 3.79. The van der Waals surface area contributed by atoms with Gasteiger partial charge < -0.3 is 14.5 Å². The number of nitrogens with zero attached hydrogens (tertiary/aromatic N) is 6. The summed E-state index contributed by atoms with van der Waals surface area (Å²) in [7, 11) is 0. The van der Waals surface area contributed by atoms with Crippen molar-refractivity contribution >= 4 is 22.8 Å². The van der Waals surface area contributed by atoms with E-state index in [2.05, 4.69) is 11.5 Å². The molecule has 8 heteroatoms. The van der Waals surface area contributed by atoms with Crippen LogP contribution in [0, 0.1) is 0 Å². The second-order valence-electron chi connectivity index (χ2n) is 7.92. The number of hydrogen-bond donors (Lipinski definition) is 0. The average molecular weight is 419 g/mol. The summed E-state index contributed by atoms with van der Waals surface area (Å²) in [6.45, 7) is 7.97. The molecule has 4 heterocycles. The highest BCUT2D eigenvalue weighted by Crippen LogP contribution is 2.32. The van der Waals surface area contributed by atoms with Crippen LogP contribution >= 0.6 is 0 Å². The first-order valence-corrected chi connectivity index (χ1v) is 10.8. The minimum absolute atomic E-state index is 0.00735. The number of hydrogen-bond acceptors (Lipinski definition) is 6. The first kappa shape index (κ1) is 19.7. The number of piperidine rings is 1. The standard InChI is InChI=1S/C23H26N6O2/c1-2-20(30)27-10-8-18(9-11-27)29-23-19(16-24-29)22(28-12-14-31-15-13-28)25-21(26-23)17-6-4-3-5-7-17/h2-7,16,18H,1,8-15H2. The molecule has 0 atom stereocenters. The Morgan fingerprint density at radius 2 is 1.81 bits per heavy atom. The summed E-state index contributed by atoms with van der Waals surface area (Å²) in [5.41, 5.74) is 1.84. The van der Waals surface area contributed by atoms with Gasteiger partial charge in [-0.25, -0.2) is 14.6 Å². The lowest BCUT2D eigenvalue weighted by molar-refractivity contribution is -0.127. The molecule has 0 N–H and O–H groups in total. The van der Waals surface area contributed by atoms with E-state index in [1.807, 2.05) is 46.1 Å². The fraction of sp³-hybridized carbons (Fsp3) is 0.391. The van der Waals surface area contributed by atoms with Crippen molar-refractivity contribution < 1.29 is 9.53 Å². The van der Waals surface area contributed by atoms with E-state index < -0.39 is 0 Å². The second kappa shape index (κ2) is 8.47. The lowest BCUT2D eigenvalue weighted by Gasteiger charge is -2.31. The molecule has 2 aliphatic heterocycles. The average Bonchev–Trinajstić information content (AvgIpc) is 3.28. The Hall–Kier alpha value is -3.26. The van der Waals surface area contributed by atoms with Gasteiger partial charge in [-0.1, -0.05) is 36.9 Å². The predicted molar refractivity (Wildman–Crippen MR) is 119 cm³/mol. The van der Waals surface area contributed by atoms with Gasteiger partial charge in [0.2, 0.25) is 5.91 Å². The molecule has 0 radical (unpaired) electrons. The van der Waals surface area contributed by atoms with E-state index in [-0.39, 0.29) is 11.9 Å². The molecule has 0 aliphatic carbocycles. The van der Waals surface area contributed by atoms with Gasteiger partial charge in [-0.2, -0.15) is 5.10 Å². The quantitative estimate of drug-likeness (QED) is 0.607. The molecule has 2 fully saturated rings. The number of amides is 1. The molecule has 2 aliphatic rings. The van der Waals surface area contributed by atoms with Gasteiger partial charge in [0.1, 0.15) is 5.82 Å². The lowest BCUT2D eigenvalue weighted by atomic mass is 10.1. The Morgan fingerprint density at radius 3 is 2.52 bits per heavy atom. The molecule has 160 valence electrons. The fourth-order valence-electron chi connectivity index (χ4n) is 4.37. The van der Waals surface area contributed by atoms with Crippen molar-refractivity contribution in [2.24, 2.45) is 0 Å². The van der Waals surface area contributed by atoms with Crippen LogP contribution in [0.3, 0.4) is 0 Å². The molecule has 0 bridgehead atoms. The van der Waals surface area contributed by atoms with Gasteiger partial charge in [0.25, 0.3) is 0 Å². The van der Waals surface area contributed by atoms with Crippen LogP contribution in [0.25, 0.3) is 22.4 Å². The molecule has 31 heavy (non-hydrogen) atoms. The molecule has 2 saturated heterocycles. The first-order chi connectivity index (χ1) is 15.2. The van der Waals surface area contributed by atoms with Gasteiger partial charge in [-0.3, -0.25) is 4.79 Å². The molecule has 3 aromatic rings. The fourth-order valence-corrected chi connectivity index (χ4v) is 4.37. The van der Waals surface area contributed by atoms with Crippen LogP contribution in [0.15, 0.2) is 49.2 Å². The molecular formula is C23H26N6O2. The van der Waals surface area contributed by atoms with Gasteiger partial charge in [0, 0.05) is 31.7 Å². The molecule has 0 spiro atoms. The van der Waals surface area contributed by atoms with Crippen LogP contribution in [0.4, 0.5) is 5.82 Å². The SMILES string of the molecule is C=CC(=O)N1CCC(n2ncc3c(N4CCOCC4)nc(-c4ccccc4)nc32)CC1. The lowest BCUT2D eigenvalue weighted by Crippen LogP contribution is -2.38. The summed E-state index contributed by atoms with van der Waals surface area (Å²) in [6, 6.07) is 10.3.